The van der Waals surface area contributed by atoms with Gasteiger partial charge in [-0.15, -0.1) is 0 Å². The minimum Gasteiger partial charge on any atom is -0.473 e. The molecule has 0 radical (unpaired) electrons. The van der Waals surface area contributed by atoms with Gasteiger partial charge in [0.1, 0.15) is 5.78 Å². The van der Waals surface area contributed by atoms with Crippen LogP contribution in [-0.4, -0.2) is 16.5 Å². The van der Waals surface area contributed by atoms with E-state index in [2.05, 4.69) is 48.6 Å². The molecule has 0 aromatic heterocycles. The Morgan fingerprint density at radius 1 is 1.17 bits per heavy atom. The van der Waals surface area contributed by atoms with Crippen molar-refractivity contribution in [3.8, 4) is 0 Å². The Bertz CT molecular complexity index is 965. The number of benzene rings is 2. The van der Waals surface area contributed by atoms with Crippen molar-refractivity contribution < 1.29 is 14.6 Å². The number of ether oxygens (including phenoxy) is 1. The molecule has 1 N–H and O–H groups in total. The number of hydrogen-bond donors (Lipinski definition) is 1. The van der Waals surface area contributed by atoms with Crippen molar-refractivity contribution >= 4 is 22.6 Å². The van der Waals surface area contributed by atoms with Crippen LogP contribution in [0.3, 0.4) is 0 Å². The summed E-state index contributed by atoms with van der Waals surface area (Å²) >= 11 is 0. The summed E-state index contributed by atoms with van der Waals surface area (Å²) in [6.07, 6.45) is 15.8. The zero-order valence-electron chi connectivity index (χ0n) is 16.9. The van der Waals surface area contributed by atoms with Crippen LogP contribution in [0, 0.1) is 5.92 Å². The van der Waals surface area contributed by atoms with Crippen LogP contribution in [0.2, 0.25) is 0 Å². The lowest BCUT2D eigenvalue weighted by molar-refractivity contribution is -0.125. The SMILES string of the molecule is C1=COC=CC1.CC(=O)CC1(O)CCCC2C=Cc3c(ccc4ccccc34)C21. The summed E-state index contributed by atoms with van der Waals surface area (Å²) in [7, 11) is 0. The van der Waals surface area contributed by atoms with Crippen molar-refractivity contribution in [1.82, 2.24) is 0 Å². The molecule has 29 heavy (non-hydrogen) atoms. The Kier molecular flexibility index (Phi) is 5.68. The second kappa shape index (κ2) is 8.38. The van der Waals surface area contributed by atoms with Crippen molar-refractivity contribution in [2.45, 2.75) is 50.5 Å². The van der Waals surface area contributed by atoms with Gasteiger partial charge in [0.25, 0.3) is 0 Å². The van der Waals surface area contributed by atoms with Gasteiger partial charge in [0.05, 0.1) is 18.1 Å². The zero-order valence-corrected chi connectivity index (χ0v) is 16.9. The minimum atomic E-state index is -0.906. The lowest BCUT2D eigenvalue weighted by atomic mass is 9.61. The van der Waals surface area contributed by atoms with Gasteiger partial charge in [0, 0.05) is 12.3 Å². The molecule has 2 aromatic carbocycles. The molecule has 2 aromatic rings. The number of ketones is 1. The number of rotatable bonds is 2. The van der Waals surface area contributed by atoms with E-state index in [1.807, 2.05) is 12.2 Å². The average Bonchev–Trinajstić information content (AvgIpc) is 2.74. The third kappa shape index (κ3) is 4.06. The fraction of sp³-hybridized carbons (Fsp3) is 0.346. The molecule has 1 saturated carbocycles. The highest BCUT2D eigenvalue weighted by Gasteiger charge is 2.46. The van der Waals surface area contributed by atoms with Gasteiger partial charge < -0.3 is 9.84 Å². The molecular weight excluding hydrogens is 360 g/mol. The molecule has 0 bridgehead atoms. The predicted molar refractivity (Wildman–Crippen MR) is 117 cm³/mol. The molecule has 1 fully saturated rings. The summed E-state index contributed by atoms with van der Waals surface area (Å²) < 4.78 is 4.71. The number of carbonyl (C=O) groups excluding carboxylic acids is 1. The van der Waals surface area contributed by atoms with Crippen LogP contribution >= 0.6 is 0 Å². The molecular formula is C26H28O3. The molecule has 5 rings (SSSR count). The summed E-state index contributed by atoms with van der Waals surface area (Å²) in [6.45, 7) is 1.58. The van der Waals surface area contributed by atoms with E-state index in [9.17, 15) is 9.90 Å². The van der Waals surface area contributed by atoms with Crippen LogP contribution in [0.15, 0.2) is 67.2 Å². The number of fused-ring (bicyclic) bond motifs is 5. The number of hydrogen-bond acceptors (Lipinski definition) is 3. The van der Waals surface area contributed by atoms with Gasteiger partial charge in [-0.05, 0) is 72.6 Å². The van der Waals surface area contributed by atoms with Crippen molar-refractivity contribution in [3.05, 3.63) is 78.3 Å². The van der Waals surface area contributed by atoms with Gasteiger partial charge in [-0.3, -0.25) is 4.79 Å². The zero-order chi connectivity index (χ0) is 20.3. The minimum absolute atomic E-state index is 0.0322. The molecule has 3 nitrogen and oxygen atoms in total. The van der Waals surface area contributed by atoms with Crippen LogP contribution in [0.5, 0.6) is 0 Å². The van der Waals surface area contributed by atoms with Crippen LogP contribution in [0.25, 0.3) is 16.8 Å². The molecule has 2 aliphatic carbocycles. The maximum Gasteiger partial charge on any atom is 0.132 e. The Morgan fingerprint density at radius 2 is 1.97 bits per heavy atom. The van der Waals surface area contributed by atoms with Crippen molar-refractivity contribution in [3.63, 3.8) is 0 Å². The number of carbonyl (C=O) groups is 1. The molecule has 3 heteroatoms. The monoisotopic (exact) mass is 388 g/mol. The van der Waals surface area contributed by atoms with E-state index in [0.29, 0.717) is 12.3 Å². The topological polar surface area (TPSA) is 46.5 Å². The van der Waals surface area contributed by atoms with E-state index >= 15 is 0 Å². The third-order valence-corrected chi connectivity index (χ3v) is 6.18. The smallest absolute Gasteiger partial charge is 0.132 e. The van der Waals surface area contributed by atoms with Crippen molar-refractivity contribution in [2.24, 2.45) is 5.92 Å². The fourth-order valence-corrected chi connectivity index (χ4v) is 5.06. The van der Waals surface area contributed by atoms with Crippen molar-refractivity contribution in [2.75, 3.05) is 0 Å². The summed E-state index contributed by atoms with van der Waals surface area (Å²) in [5, 5.41) is 13.8. The highest BCUT2D eigenvalue weighted by molar-refractivity contribution is 5.93. The van der Waals surface area contributed by atoms with Gasteiger partial charge in [-0.25, -0.2) is 0 Å². The molecule has 0 spiro atoms. The first-order chi connectivity index (χ1) is 14.1. The Morgan fingerprint density at radius 3 is 2.66 bits per heavy atom. The molecule has 0 saturated heterocycles. The van der Waals surface area contributed by atoms with E-state index in [1.165, 1.54) is 21.9 Å². The highest BCUT2D eigenvalue weighted by Crippen LogP contribution is 2.51. The Balaban J connectivity index is 0.000000294. The summed E-state index contributed by atoms with van der Waals surface area (Å²) in [4.78, 5) is 11.7. The average molecular weight is 389 g/mol. The number of allylic oxidation sites excluding steroid dienone is 3. The van der Waals surface area contributed by atoms with Crippen LogP contribution < -0.4 is 0 Å². The van der Waals surface area contributed by atoms with E-state index < -0.39 is 5.60 Å². The van der Waals surface area contributed by atoms with Gasteiger partial charge >= 0.3 is 0 Å². The lowest BCUT2D eigenvalue weighted by Gasteiger charge is -2.46. The van der Waals surface area contributed by atoms with Crippen LogP contribution in [0.1, 0.15) is 56.1 Å². The van der Waals surface area contributed by atoms with Crippen LogP contribution in [-0.2, 0) is 9.53 Å². The fourth-order valence-electron chi connectivity index (χ4n) is 5.06. The maximum atomic E-state index is 11.7. The standard InChI is InChI=1S/C21H22O2.C5H6O/c1-14(22)13-21(23)12-4-6-16-9-10-18-17-7-3-2-5-15(17)8-11-19(18)20(16)21;1-2-4-6-5-3-1/h2-3,5,7-11,16,20,23H,4,6,12-13H2,1H3;2-5H,1H2. The molecule has 1 heterocycles. The quantitative estimate of drug-likeness (QED) is 0.697. The molecule has 0 amide bonds. The first kappa shape index (κ1) is 19.7. The predicted octanol–water partition coefficient (Wildman–Crippen LogP) is 5.89. The first-order valence-corrected chi connectivity index (χ1v) is 10.5. The second-order valence-electron chi connectivity index (χ2n) is 8.28. The van der Waals surface area contributed by atoms with Crippen molar-refractivity contribution in [1.29, 1.82) is 0 Å². The molecule has 3 aliphatic rings. The number of aliphatic hydroxyl groups is 1. The Hall–Kier alpha value is -2.65. The molecule has 1 aliphatic heterocycles. The van der Waals surface area contributed by atoms with Gasteiger partial charge in [0.2, 0.25) is 0 Å². The second-order valence-corrected chi connectivity index (χ2v) is 8.28. The lowest BCUT2D eigenvalue weighted by Crippen LogP contribution is -2.45. The van der Waals surface area contributed by atoms with Crippen LogP contribution in [0.4, 0.5) is 0 Å². The van der Waals surface area contributed by atoms with Gasteiger partial charge in [0.15, 0.2) is 0 Å². The Labute approximate surface area is 172 Å². The van der Waals surface area contributed by atoms with Gasteiger partial charge in [-0.2, -0.15) is 0 Å². The number of Topliss-reactive ketones (excluding diaryl/α,β-unsaturated/α-hetero) is 1. The largest absolute Gasteiger partial charge is 0.473 e. The normalized spacial score (nSPS) is 26.7. The molecule has 3 unspecified atom stereocenters. The third-order valence-electron chi connectivity index (χ3n) is 6.18. The van der Waals surface area contributed by atoms with Gasteiger partial charge in [-0.1, -0.05) is 48.6 Å². The van der Waals surface area contributed by atoms with E-state index in [4.69, 9.17) is 4.74 Å². The van der Waals surface area contributed by atoms with E-state index in [0.717, 1.165) is 19.3 Å². The first-order valence-electron chi connectivity index (χ1n) is 10.5. The summed E-state index contributed by atoms with van der Waals surface area (Å²) in [5.41, 5.74) is 1.52. The summed E-state index contributed by atoms with van der Waals surface area (Å²) in [6, 6.07) is 12.7. The highest BCUT2D eigenvalue weighted by atomic mass is 16.5. The maximum absolute atomic E-state index is 11.7. The molecule has 150 valence electrons. The summed E-state index contributed by atoms with van der Waals surface area (Å²) in [5.74, 6) is 0.441. The van der Waals surface area contributed by atoms with E-state index in [1.54, 1.807) is 19.4 Å². The van der Waals surface area contributed by atoms with E-state index in [-0.39, 0.29) is 18.1 Å². The molecule has 3 atom stereocenters.